The van der Waals surface area contributed by atoms with Crippen LogP contribution in [0.2, 0.25) is 5.02 Å². The molecule has 0 heterocycles. The number of hydrogen-bond donors (Lipinski definition) is 1. The highest BCUT2D eigenvalue weighted by atomic mass is 127. The van der Waals surface area contributed by atoms with Crippen molar-refractivity contribution < 1.29 is 4.39 Å². The van der Waals surface area contributed by atoms with Gasteiger partial charge in [0.2, 0.25) is 0 Å². The molecule has 0 bridgehead atoms. The second-order valence-corrected chi connectivity index (χ2v) is 5.53. The fourth-order valence-corrected chi connectivity index (χ4v) is 2.28. The maximum Gasteiger partial charge on any atom is 0.129 e. The van der Waals surface area contributed by atoms with Crippen LogP contribution in [0, 0.1) is 5.82 Å². The molecule has 0 unspecified atom stereocenters. The zero-order chi connectivity index (χ0) is 12.5. The van der Waals surface area contributed by atoms with Crippen LogP contribution in [0.25, 0.3) is 0 Å². The lowest BCUT2D eigenvalue weighted by Crippen LogP contribution is -2.15. The number of hydrogen-bond acceptors (Lipinski definition) is 1. The van der Waals surface area contributed by atoms with E-state index in [1.807, 2.05) is 0 Å². The summed E-state index contributed by atoms with van der Waals surface area (Å²) < 4.78 is 14.6. The summed E-state index contributed by atoms with van der Waals surface area (Å²) in [7, 11) is 0. The molecule has 0 aliphatic rings. The third-order valence-electron chi connectivity index (χ3n) is 2.57. The molecule has 0 aliphatic carbocycles. The highest BCUT2D eigenvalue weighted by Gasteiger charge is 2.01. The summed E-state index contributed by atoms with van der Waals surface area (Å²) >= 11 is 8.09. The van der Waals surface area contributed by atoms with E-state index >= 15 is 0 Å². The highest BCUT2D eigenvalue weighted by molar-refractivity contribution is 14.1. The molecule has 17 heavy (non-hydrogen) atoms. The summed E-state index contributed by atoms with van der Waals surface area (Å²) in [5, 5.41) is 3.70. The van der Waals surface area contributed by atoms with Gasteiger partial charge in [-0.3, -0.25) is 0 Å². The van der Waals surface area contributed by atoms with E-state index in [1.54, 1.807) is 12.1 Å². The van der Waals surface area contributed by atoms with E-state index in [0.29, 0.717) is 17.1 Å². The lowest BCUT2D eigenvalue weighted by Gasteiger charge is -2.06. The lowest BCUT2D eigenvalue weighted by atomic mass is 10.2. The maximum absolute atomic E-state index is 13.4. The number of alkyl halides is 1. The number of unbranched alkanes of at least 4 members (excludes halogenated alkanes) is 3. The molecule has 0 atom stereocenters. The second-order valence-electron chi connectivity index (χ2n) is 4.02. The fourth-order valence-electron chi connectivity index (χ4n) is 1.59. The van der Waals surface area contributed by atoms with Crippen molar-refractivity contribution in [2.24, 2.45) is 0 Å². The topological polar surface area (TPSA) is 12.0 Å². The van der Waals surface area contributed by atoms with Crippen molar-refractivity contribution in [3.63, 3.8) is 0 Å². The van der Waals surface area contributed by atoms with Crippen molar-refractivity contribution in [1.82, 2.24) is 5.32 Å². The number of nitrogens with one attached hydrogen (secondary N) is 1. The molecular formula is C13H18ClFIN. The molecule has 0 amide bonds. The summed E-state index contributed by atoms with van der Waals surface area (Å²) in [6.07, 6.45) is 5.00. The van der Waals surface area contributed by atoms with Crippen LogP contribution < -0.4 is 5.32 Å². The molecule has 0 saturated heterocycles. The van der Waals surface area contributed by atoms with Crippen LogP contribution in [-0.2, 0) is 6.54 Å². The Morgan fingerprint density at radius 2 is 1.94 bits per heavy atom. The van der Waals surface area contributed by atoms with Gasteiger partial charge in [0.1, 0.15) is 5.82 Å². The SMILES string of the molecule is Fc1cc(Cl)ccc1CNCCCCCCI. The van der Waals surface area contributed by atoms with E-state index in [4.69, 9.17) is 11.6 Å². The van der Waals surface area contributed by atoms with Crippen molar-refractivity contribution in [3.05, 3.63) is 34.6 Å². The van der Waals surface area contributed by atoms with E-state index in [0.717, 1.165) is 13.0 Å². The normalized spacial score (nSPS) is 10.8. The molecule has 1 rings (SSSR count). The molecule has 0 radical (unpaired) electrons. The average Bonchev–Trinajstić information content (AvgIpc) is 2.30. The van der Waals surface area contributed by atoms with Crippen molar-refractivity contribution in [1.29, 1.82) is 0 Å². The van der Waals surface area contributed by atoms with Crippen LogP contribution in [0.15, 0.2) is 18.2 Å². The van der Waals surface area contributed by atoms with Crippen LogP contribution in [-0.4, -0.2) is 11.0 Å². The van der Waals surface area contributed by atoms with Gasteiger partial charge in [0, 0.05) is 17.1 Å². The molecule has 96 valence electrons. The summed E-state index contributed by atoms with van der Waals surface area (Å²) in [6.45, 7) is 1.53. The van der Waals surface area contributed by atoms with Gasteiger partial charge in [-0.05, 0) is 35.9 Å². The Morgan fingerprint density at radius 1 is 1.18 bits per heavy atom. The third-order valence-corrected chi connectivity index (χ3v) is 3.57. The van der Waals surface area contributed by atoms with Crippen LogP contribution in [0.1, 0.15) is 31.2 Å². The fraction of sp³-hybridized carbons (Fsp3) is 0.538. The van der Waals surface area contributed by atoms with Gasteiger partial charge < -0.3 is 5.32 Å². The summed E-state index contributed by atoms with van der Waals surface area (Å²) in [5.41, 5.74) is 0.682. The highest BCUT2D eigenvalue weighted by Crippen LogP contribution is 2.14. The van der Waals surface area contributed by atoms with Gasteiger partial charge in [-0.2, -0.15) is 0 Å². The van der Waals surface area contributed by atoms with Gasteiger partial charge in [-0.1, -0.05) is 53.1 Å². The Labute approximate surface area is 121 Å². The first-order valence-corrected chi connectivity index (χ1v) is 7.85. The van der Waals surface area contributed by atoms with Gasteiger partial charge in [-0.15, -0.1) is 0 Å². The van der Waals surface area contributed by atoms with Crippen LogP contribution in [0.5, 0.6) is 0 Å². The van der Waals surface area contributed by atoms with Crippen LogP contribution >= 0.6 is 34.2 Å². The van der Waals surface area contributed by atoms with Crippen molar-refractivity contribution in [2.75, 3.05) is 11.0 Å². The maximum atomic E-state index is 13.4. The Kier molecular flexibility index (Phi) is 8.14. The Bertz CT molecular complexity index is 333. The minimum atomic E-state index is -0.227. The van der Waals surface area contributed by atoms with Gasteiger partial charge in [-0.25, -0.2) is 4.39 Å². The molecule has 1 aromatic rings. The first-order chi connectivity index (χ1) is 8.24. The molecule has 1 aromatic carbocycles. The van der Waals surface area contributed by atoms with E-state index in [9.17, 15) is 4.39 Å². The van der Waals surface area contributed by atoms with E-state index < -0.39 is 0 Å². The summed E-state index contributed by atoms with van der Waals surface area (Å²) in [4.78, 5) is 0. The molecule has 1 N–H and O–H groups in total. The Hall–Kier alpha value is 0.130. The largest absolute Gasteiger partial charge is 0.313 e. The minimum absolute atomic E-state index is 0.227. The molecule has 0 fully saturated rings. The van der Waals surface area contributed by atoms with Crippen molar-refractivity contribution >= 4 is 34.2 Å². The number of rotatable bonds is 8. The standard InChI is InChI=1S/C13H18ClFIN/c14-12-6-5-11(13(15)9-12)10-17-8-4-2-1-3-7-16/h5-6,9,17H,1-4,7-8,10H2. The molecule has 4 heteroatoms. The zero-order valence-electron chi connectivity index (χ0n) is 9.82. The van der Waals surface area contributed by atoms with Gasteiger partial charge in [0.05, 0.1) is 0 Å². The molecule has 0 aromatic heterocycles. The minimum Gasteiger partial charge on any atom is -0.313 e. The number of benzene rings is 1. The molecule has 0 saturated carbocycles. The number of halogens is 3. The van der Waals surface area contributed by atoms with Crippen LogP contribution in [0.3, 0.4) is 0 Å². The zero-order valence-corrected chi connectivity index (χ0v) is 12.7. The van der Waals surface area contributed by atoms with Gasteiger partial charge in [0.25, 0.3) is 0 Å². The first kappa shape index (κ1) is 15.2. The summed E-state index contributed by atoms with van der Waals surface area (Å²) in [5.74, 6) is -0.227. The molecular weight excluding hydrogens is 352 g/mol. The summed E-state index contributed by atoms with van der Waals surface area (Å²) in [6, 6.07) is 4.82. The van der Waals surface area contributed by atoms with Gasteiger partial charge in [0.15, 0.2) is 0 Å². The predicted molar refractivity (Wildman–Crippen MR) is 80.5 cm³/mol. The Morgan fingerprint density at radius 3 is 2.65 bits per heavy atom. The monoisotopic (exact) mass is 369 g/mol. The molecule has 1 nitrogen and oxygen atoms in total. The van der Waals surface area contributed by atoms with E-state index in [1.165, 1.54) is 29.8 Å². The second kappa shape index (κ2) is 9.11. The third kappa shape index (κ3) is 6.58. The average molecular weight is 370 g/mol. The lowest BCUT2D eigenvalue weighted by molar-refractivity contribution is 0.568. The predicted octanol–water partition coefficient (Wildman–Crippen LogP) is 4.56. The van der Waals surface area contributed by atoms with Gasteiger partial charge >= 0.3 is 0 Å². The smallest absolute Gasteiger partial charge is 0.129 e. The Balaban J connectivity index is 2.14. The molecule has 0 aliphatic heterocycles. The van der Waals surface area contributed by atoms with Crippen LogP contribution in [0.4, 0.5) is 4.39 Å². The quantitative estimate of drug-likeness (QED) is 0.402. The van der Waals surface area contributed by atoms with E-state index in [2.05, 4.69) is 27.9 Å². The van der Waals surface area contributed by atoms with E-state index in [-0.39, 0.29) is 5.82 Å². The molecule has 0 spiro atoms. The van der Waals surface area contributed by atoms with Crippen molar-refractivity contribution in [2.45, 2.75) is 32.2 Å². The first-order valence-electron chi connectivity index (χ1n) is 5.94. The van der Waals surface area contributed by atoms with Crippen molar-refractivity contribution in [3.8, 4) is 0 Å².